The predicted octanol–water partition coefficient (Wildman–Crippen LogP) is -1.19. The number of rotatable bonds is 4. The first-order chi connectivity index (χ1) is 12.4. The van der Waals surface area contributed by atoms with Crippen molar-refractivity contribution in [2.24, 2.45) is 0 Å². The van der Waals surface area contributed by atoms with E-state index in [-0.39, 0.29) is 18.3 Å². The second-order valence-corrected chi connectivity index (χ2v) is 9.28. The van der Waals surface area contributed by atoms with Crippen molar-refractivity contribution in [3.05, 3.63) is 0 Å². The molecule has 0 aromatic carbocycles. The van der Waals surface area contributed by atoms with E-state index < -0.39 is 15.8 Å². The highest BCUT2D eigenvalue weighted by molar-refractivity contribution is 7.86. The second-order valence-electron chi connectivity index (χ2n) is 7.35. The van der Waals surface area contributed by atoms with Gasteiger partial charge in [-0.1, -0.05) is 0 Å². The number of likely N-dealkylation sites (N-methyl/N-ethyl adjacent to an activating group) is 1. The molecule has 1 N–H and O–H groups in total. The highest BCUT2D eigenvalue weighted by atomic mass is 35.5. The average molecular weight is 426 g/mol. The Hall–Kier alpha value is -0.490. The monoisotopic (exact) mass is 425 g/mol. The summed E-state index contributed by atoms with van der Waals surface area (Å²) in [6, 6.07) is 0. The molecule has 3 fully saturated rings. The van der Waals surface area contributed by atoms with Gasteiger partial charge in [-0.2, -0.15) is 17.0 Å². The molecular weight excluding hydrogens is 394 g/mol. The van der Waals surface area contributed by atoms with Gasteiger partial charge in [-0.25, -0.2) is 0 Å². The fraction of sp³-hybridized carbons (Fsp3) is 0.938. The Morgan fingerprint density at radius 1 is 0.926 bits per heavy atom. The number of carbonyl (C=O) groups excluding carboxylic acids is 1. The summed E-state index contributed by atoms with van der Waals surface area (Å²) in [6.45, 7) is 5.61. The van der Waals surface area contributed by atoms with Crippen LogP contribution in [-0.2, 0) is 19.7 Å². The molecule has 11 heteroatoms. The molecule has 0 saturated carbocycles. The normalized spacial score (nSPS) is 25.8. The summed E-state index contributed by atoms with van der Waals surface area (Å²) in [5.41, 5.74) is -0.760. The maximum Gasteiger partial charge on any atom is 0.282 e. The van der Waals surface area contributed by atoms with Crippen LogP contribution in [0, 0.1) is 0 Å². The number of hydrogen-bond donors (Lipinski definition) is 1. The highest BCUT2D eigenvalue weighted by Gasteiger charge is 2.44. The average Bonchev–Trinajstić information content (AvgIpc) is 2.68. The van der Waals surface area contributed by atoms with Crippen LogP contribution in [0.4, 0.5) is 0 Å². The number of piperazine rings is 2. The van der Waals surface area contributed by atoms with Gasteiger partial charge >= 0.3 is 0 Å². The molecule has 158 valence electrons. The quantitative estimate of drug-likeness (QED) is 0.610. The number of methoxy groups -OCH3 is 1. The molecule has 0 atom stereocenters. The lowest BCUT2D eigenvalue weighted by Crippen LogP contribution is -2.61. The van der Waals surface area contributed by atoms with Gasteiger partial charge in [0.2, 0.25) is 0 Å². The van der Waals surface area contributed by atoms with Gasteiger partial charge in [-0.05, 0) is 33.0 Å². The van der Waals surface area contributed by atoms with E-state index in [1.54, 1.807) is 16.3 Å². The molecule has 0 aliphatic carbocycles. The van der Waals surface area contributed by atoms with Gasteiger partial charge in [0.1, 0.15) is 5.60 Å². The summed E-state index contributed by atoms with van der Waals surface area (Å²) in [5.74, 6) is -0.00172. The largest absolute Gasteiger partial charge is 0.368 e. The fourth-order valence-electron chi connectivity index (χ4n) is 3.93. The maximum atomic E-state index is 13.0. The molecule has 3 saturated heterocycles. The molecule has 27 heavy (non-hydrogen) atoms. The minimum atomic E-state index is -3.44. The molecule has 3 aliphatic rings. The Morgan fingerprint density at radius 3 is 1.89 bits per heavy atom. The van der Waals surface area contributed by atoms with E-state index in [1.807, 2.05) is 7.05 Å². The number of ether oxygens (including phenoxy) is 1. The van der Waals surface area contributed by atoms with Crippen molar-refractivity contribution < 1.29 is 17.9 Å². The zero-order valence-electron chi connectivity index (χ0n) is 16.2. The van der Waals surface area contributed by atoms with Gasteiger partial charge in [0.15, 0.2) is 0 Å². The molecule has 1 amide bonds. The summed E-state index contributed by atoms with van der Waals surface area (Å²) >= 11 is 0. The van der Waals surface area contributed by atoms with Crippen molar-refractivity contribution in [3.8, 4) is 0 Å². The van der Waals surface area contributed by atoms with Crippen LogP contribution in [0.25, 0.3) is 0 Å². The number of nitrogens with one attached hydrogen (secondary N) is 1. The van der Waals surface area contributed by atoms with E-state index in [0.29, 0.717) is 52.1 Å². The van der Waals surface area contributed by atoms with E-state index in [4.69, 9.17) is 4.74 Å². The third-order valence-corrected chi connectivity index (χ3v) is 7.87. The fourth-order valence-corrected chi connectivity index (χ4v) is 5.50. The third-order valence-electron chi connectivity index (χ3n) is 5.83. The van der Waals surface area contributed by atoms with Crippen molar-refractivity contribution in [2.45, 2.75) is 18.4 Å². The molecule has 3 heterocycles. The lowest BCUT2D eigenvalue weighted by Gasteiger charge is -2.43. The summed E-state index contributed by atoms with van der Waals surface area (Å²) in [6.07, 6.45) is 1.31. The first-order valence-corrected chi connectivity index (χ1v) is 10.8. The zero-order chi connectivity index (χ0) is 18.8. The molecule has 0 radical (unpaired) electrons. The summed E-state index contributed by atoms with van der Waals surface area (Å²) in [5, 5.41) is 3.25. The van der Waals surface area contributed by atoms with Crippen molar-refractivity contribution >= 4 is 28.5 Å². The number of amides is 1. The molecule has 3 rings (SSSR count). The van der Waals surface area contributed by atoms with Crippen LogP contribution in [0.15, 0.2) is 0 Å². The number of piperidine rings is 1. The van der Waals surface area contributed by atoms with Crippen molar-refractivity contribution in [1.82, 2.24) is 23.7 Å². The first kappa shape index (κ1) is 22.8. The van der Waals surface area contributed by atoms with Gasteiger partial charge in [0.25, 0.3) is 16.1 Å². The standard InChI is InChI=1S/C16H31N5O4S.ClH/c1-18-7-11-20(12-8-18)26(23,24)21-13-9-19(10-14-21)15(22)16(25-2)3-5-17-6-4-16;/h17H,3-14H2,1-2H3;1H. The van der Waals surface area contributed by atoms with Crippen molar-refractivity contribution in [3.63, 3.8) is 0 Å². The van der Waals surface area contributed by atoms with Crippen LogP contribution in [0.1, 0.15) is 12.8 Å². The van der Waals surface area contributed by atoms with E-state index in [9.17, 15) is 13.2 Å². The minimum absolute atomic E-state index is 0. The van der Waals surface area contributed by atoms with Crippen LogP contribution in [0.2, 0.25) is 0 Å². The Balaban J connectivity index is 0.00000261. The van der Waals surface area contributed by atoms with Gasteiger partial charge < -0.3 is 19.9 Å². The minimum Gasteiger partial charge on any atom is -0.368 e. The molecule has 3 aliphatic heterocycles. The first-order valence-electron chi connectivity index (χ1n) is 9.38. The second kappa shape index (κ2) is 9.34. The van der Waals surface area contributed by atoms with Gasteiger partial charge in [-0.15, -0.1) is 12.4 Å². The van der Waals surface area contributed by atoms with Gasteiger partial charge in [0.05, 0.1) is 0 Å². The molecule has 0 unspecified atom stereocenters. The Morgan fingerprint density at radius 2 is 1.41 bits per heavy atom. The third kappa shape index (κ3) is 4.75. The smallest absolute Gasteiger partial charge is 0.282 e. The zero-order valence-corrected chi connectivity index (χ0v) is 17.9. The van der Waals surface area contributed by atoms with E-state index in [0.717, 1.165) is 26.2 Å². The lowest BCUT2D eigenvalue weighted by molar-refractivity contribution is -0.159. The molecular formula is C16H32ClN5O4S. The maximum absolute atomic E-state index is 13.0. The van der Waals surface area contributed by atoms with E-state index >= 15 is 0 Å². The summed E-state index contributed by atoms with van der Waals surface area (Å²) in [4.78, 5) is 16.9. The number of carbonyl (C=O) groups is 1. The van der Waals surface area contributed by atoms with E-state index in [2.05, 4.69) is 10.2 Å². The van der Waals surface area contributed by atoms with Crippen LogP contribution in [-0.4, -0.2) is 118 Å². The van der Waals surface area contributed by atoms with Crippen LogP contribution < -0.4 is 5.32 Å². The van der Waals surface area contributed by atoms with Crippen LogP contribution in [0.5, 0.6) is 0 Å². The molecule has 0 bridgehead atoms. The summed E-state index contributed by atoms with van der Waals surface area (Å²) < 4.78 is 34.4. The molecule has 0 aromatic rings. The van der Waals surface area contributed by atoms with Crippen LogP contribution in [0.3, 0.4) is 0 Å². The van der Waals surface area contributed by atoms with Gasteiger partial charge in [-0.3, -0.25) is 4.79 Å². The Bertz CT molecular complexity index is 598. The summed E-state index contributed by atoms with van der Waals surface area (Å²) in [7, 11) is 0.153. The van der Waals surface area contributed by atoms with Crippen molar-refractivity contribution in [1.29, 1.82) is 0 Å². The highest BCUT2D eigenvalue weighted by Crippen LogP contribution is 2.26. The Labute approximate surface area is 168 Å². The topological polar surface area (TPSA) is 85.4 Å². The van der Waals surface area contributed by atoms with Crippen molar-refractivity contribution in [2.75, 3.05) is 79.6 Å². The number of hydrogen-bond acceptors (Lipinski definition) is 6. The van der Waals surface area contributed by atoms with E-state index in [1.165, 1.54) is 4.31 Å². The van der Waals surface area contributed by atoms with Crippen LogP contribution >= 0.6 is 12.4 Å². The predicted molar refractivity (Wildman–Crippen MR) is 105 cm³/mol. The molecule has 0 aromatic heterocycles. The Kier molecular flexibility index (Phi) is 7.88. The number of nitrogens with zero attached hydrogens (tertiary/aromatic N) is 4. The number of halogens is 1. The van der Waals surface area contributed by atoms with Gasteiger partial charge in [0, 0.05) is 59.5 Å². The lowest BCUT2D eigenvalue weighted by atomic mass is 9.90. The molecule has 0 spiro atoms. The SMILES string of the molecule is COC1(C(=O)N2CCN(S(=O)(=O)N3CCN(C)CC3)CC2)CCNCC1.Cl. The molecule has 9 nitrogen and oxygen atoms in total.